The van der Waals surface area contributed by atoms with Gasteiger partial charge in [0.05, 0.1) is 10.6 Å². The van der Waals surface area contributed by atoms with Gasteiger partial charge in [-0.05, 0) is 60.9 Å². The number of hydrogen-bond acceptors (Lipinski definition) is 3. The van der Waals surface area contributed by atoms with Crippen LogP contribution in [0.5, 0.6) is 0 Å². The normalized spacial score (nSPS) is 13.1. The molecule has 30 heavy (non-hydrogen) atoms. The highest BCUT2D eigenvalue weighted by atomic mass is 35.5. The Kier molecular flexibility index (Phi) is 5.40. The van der Waals surface area contributed by atoms with Crippen LogP contribution in [0, 0.1) is 6.92 Å². The maximum Gasteiger partial charge on any atom is 0.323 e. The maximum atomic E-state index is 13.0. The molecule has 0 spiro atoms. The van der Waals surface area contributed by atoms with E-state index in [0.29, 0.717) is 35.1 Å². The van der Waals surface area contributed by atoms with Gasteiger partial charge in [0, 0.05) is 22.9 Å². The van der Waals surface area contributed by atoms with Crippen molar-refractivity contribution in [2.75, 3.05) is 21.5 Å². The Labute approximate surface area is 180 Å². The molecule has 0 unspecified atom stereocenters. The lowest BCUT2D eigenvalue weighted by molar-refractivity contribution is 0.262. The molecular weight excluding hydrogens is 422 g/mol. The highest BCUT2D eigenvalue weighted by Crippen LogP contribution is 2.35. The molecule has 0 saturated carbocycles. The summed E-state index contributed by atoms with van der Waals surface area (Å²) in [6, 6.07) is 18.4. The van der Waals surface area contributed by atoms with Crippen LogP contribution in [0.25, 0.3) is 0 Å². The fourth-order valence-electron chi connectivity index (χ4n) is 3.36. The minimum absolute atomic E-state index is 0.241. The van der Waals surface area contributed by atoms with Crippen LogP contribution in [-0.2, 0) is 16.4 Å². The Balaban J connectivity index is 1.54. The first-order valence-electron chi connectivity index (χ1n) is 9.39. The zero-order chi connectivity index (χ0) is 21.3. The molecule has 6 nitrogen and oxygen atoms in total. The molecule has 3 aromatic rings. The van der Waals surface area contributed by atoms with E-state index < -0.39 is 16.1 Å². The predicted molar refractivity (Wildman–Crippen MR) is 120 cm³/mol. The second-order valence-electron chi connectivity index (χ2n) is 7.03. The van der Waals surface area contributed by atoms with Crippen molar-refractivity contribution in [1.82, 2.24) is 0 Å². The van der Waals surface area contributed by atoms with Crippen molar-refractivity contribution in [3.63, 3.8) is 0 Å². The van der Waals surface area contributed by atoms with Crippen molar-refractivity contribution in [2.24, 2.45) is 0 Å². The number of halogens is 1. The highest BCUT2D eigenvalue weighted by molar-refractivity contribution is 7.92. The number of anilines is 3. The van der Waals surface area contributed by atoms with E-state index >= 15 is 0 Å². The smallest absolute Gasteiger partial charge is 0.308 e. The van der Waals surface area contributed by atoms with Gasteiger partial charge in [-0.2, -0.15) is 0 Å². The average Bonchev–Trinajstić information content (AvgIpc) is 3.15. The number of fused-ring (bicyclic) bond motifs is 1. The summed E-state index contributed by atoms with van der Waals surface area (Å²) in [5, 5.41) is 6.04. The summed E-state index contributed by atoms with van der Waals surface area (Å²) in [6.07, 6.45) is 0.621. The number of nitrogens with one attached hydrogen (secondary N) is 2. The van der Waals surface area contributed by atoms with E-state index in [4.69, 9.17) is 11.6 Å². The fourth-order valence-corrected chi connectivity index (χ4v) is 5.06. The first kappa shape index (κ1) is 20.3. The molecule has 0 aromatic heterocycles. The van der Waals surface area contributed by atoms with Crippen LogP contribution in [0.4, 0.5) is 21.9 Å². The highest BCUT2D eigenvalue weighted by Gasteiger charge is 2.31. The van der Waals surface area contributed by atoms with Gasteiger partial charge in [-0.25, -0.2) is 13.2 Å². The van der Waals surface area contributed by atoms with Crippen molar-refractivity contribution in [3.8, 4) is 0 Å². The number of urea groups is 1. The molecule has 1 heterocycles. The van der Waals surface area contributed by atoms with E-state index in [1.165, 1.54) is 4.31 Å². The number of amides is 2. The molecule has 0 fully saturated rings. The molecule has 4 rings (SSSR count). The monoisotopic (exact) mass is 441 g/mol. The maximum absolute atomic E-state index is 13.0. The summed E-state index contributed by atoms with van der Waals surface area (Å²) in [5.41, 5.74) is 3.49. The van der Waals surface area contributed by atoms with Gasteiger partial charge >= 0.3 is 6.03 Å². The van der Waals surface area contributed by atoms with Gasteiger partial charge in [-0.3, -0.25) is 4.31 Å². The molecule has 0 bridgehead atoms. The van der Waals surface area contributed by atoms with Crippen molar-refractivity contribution in [1.29, 1.82) is 0 Å². The Hall–Kier alpha value is -3.03. The number of benzene rings is 3. The number of carbonyl (C=O) groups excluding carboxylic acids is 1. The lowest BCUT2D eigenvalue weighted by Crippen LogP contribution is -2.29. The Morgan fingerprint density at radius 3 is 2.33 bits per heavy atom. The minimum Gasteiger partial charge on any atom is -0.308 e. The lowest BCUT2D eigenvalue weighted by atomic mass is 10.1. The quantitative estimate of drug-likeness (QED) is 0.595. The summed E-state index contributed by atoms with van der Waals surface area (Å²) in [4.78, 5) is 12.6. The van der Waals surface area contributed by atoms with E-state index in [2.05, 4.69) is 10.6 Å². The third-order valence-electron chi connectivity index (χ3n) is 4.96. The summed E-state index contributed by atoms with van der Waals surface area (Å²) < 4.78 is 27.5. The molecule has 0 saturated heterocycles. The lowest BCUT2D eigenvalue weighted by Gasteiger charge is -2.20. The fraction of sp³-hybridized carbons (Fsp3) is 0.136. The first-order valence-corrected chi connectivity index (χ1v) is 11.2. The zero-order valence-corrected chi connectivity index (χ0v) is 17.8. The van der Waals surface area contributed by atoms with Crippen LogP contribution in [-0.4, -0.2) is 21.0 Å². The molecule has 2 amide bonds. The molecular formula is C22H20ClN3O3S. The van der Waals surface area contributed by atoms with Crippen molar-refractivity contribution < 1.29 is 13.2 Å². The number of carbonyl (C=O) groups is 1. The zero-order valence-electron chi connectivity index (χ0n) is 16.2. The van der Waals surface area contributed by atoms with Crippen LogP contribution in [0.1, 0.15) is 11.1 Å². The summed E-state index contributed by atoms with van der Waals surface area (Å²) in [7, 11) is -3.66. The van der Waals surface area contributed by atoms with Crippen molar-refractivity contribution in [3.05, 3.63) is 82.9 Å². The summed E-state index contributed by atoms with van der Waals surface area (Å²) >= 11 is 6.10. The summed E-state index contributed by atoms with van der Waals surface area (Å²) in [6.45, 7) is 2.25. The third-order valence-corrected chi connectivity index (χ3v) is 7.19. The van der Waals surface area contributed by atoms with Crippen molar-refractivity contribution >= 4 is 44.7 Å². The number of sulfonamides is 1. The van der Waals surface area contributed by atoms with Crippen LogP contribution in [0.15, 0.2) is 71.6 Å². The molecule has 0 atom stereocenters. The second kappa shape index (κ2) is 8.01. The van der Waals surface area contributed by atoms with Crippen LogP contribution < -0.4 is 14.9 Å². The molecule has 0 aliphatic carbocycles. The molecule has 0 radical (unpaired) electrons. The number of rotatable bonds is 4. The number of hydrogen-bond donors (Lipinski definition) is 2. The first-order chi connectivity index (χ1) is 14.3. The summed E-state index contributed by atoms with van der Waals surface area (Å²) in [5.74, 6) is 0. The van der Waals surface area contributed by atoms with Crippen LogP contribution in [0.3, 0.4) is 0 Å². The van der Waals surface area contributed by atoms with Gasteiger partial charge in [0.2, 0.25) is 0 Å². The van der Waals surface area contributed by atoms with E-state index in [1.807, 2.05) is 19.1 Å². The molecule has 8 heteroatoms. The standard InChI is InChI=1S/C22H20ClN3O3S/c1-15-7-9-17(13-20(15)23)24-22(27)25-18-10-8-16-11-12-26(21(16)14-18)30(28,29)19-5-3-2-4-6-19/h2-10,13-14H,11-12H2,1H3,(H2,24,25,27). The van der Waals surface area contributed by atoms with E-state index in [0.717, 1.165) is 11.1 Å². The van der Waals surface area contributed by atoms with Gasteiger partial charge in [0.25, 0.3) is 10.0 Å². The Bertz CT molecular complexity index is 1210. The van der Waals surface area contributed by atoms with Gasteiger partial charge in [-0.1, -0.05) is 41.9 Å². The molecule has 154 valence electrons. The van der Waals surface area contributed by atoms with E-state index in [9.17, 15) is 13.2 Å². The largest absolute Gasteiger partial charge is 0.323 e. The van der Waals surface area contributed by atoms with Crippen LogP contribution >= 0.6 is 11.6 Å². The Morgan fingerprint density at radius 2 is 1.63 bits per heavy atom. The number of aryl methyl sites for hydroxylation is 1. The molecule has 3 aromatic carbocycles. The molecule has 1 aliphatic heterocycles. The number of nitrogens with zero attached hydrogens (tertiary/aromatic N) is 1. The van der Waals surface area contributed by atoms with Gasteiger partial charge in [0.1, 0.15) is 0 Å². The Morgan fingerprint density at radius 1 is 0.967 bits per heavy atom. The van der Waals surface area contributed by atoms with Crippen molar-refractivity contribution in [2.45, 2.75) is 18.2 Å². The van der Waals surface area contributed by atoms with E-state index in [1.54, 1.807) is 54.6 Å². The van der Waals surface area contributed by atoms with E-state index in [-0.39, 0.29) is 4.90 Å². The topological polar surface area (TPSA) is 78.5 Å². The molecule has 1 aliphatic rings. The van der Waals surface area contributed by atoms with Crippen LogP contribution in [0.2, 0.25) is 5.02 Å². The van der Waals surface area contributed by atoms with Gasteiger partial charge < -0.3 is 10.6 Å². The SMILES string of the molecule is Cc1ccc(NC(=O)Nc2ccc3c(c2)N(S(=O)(=O)c2ccccc2)CC3)cc1Cl. The van der Waals surface area contributed by atoms with Gasteiger partial charge in [0.15, 0.2) is 0 Å². The predicted octanol–water partition coefficient (Wildman–Crippen LogP) is 5.04. The van der Waals surface area contributed by atoms with Gasteiger partial charge in [-0.15, -0.1) is 0 Å². The molecule has 2 N–H and O–H groups in total. The average molecular weight is 442 g/mol. The minimum atomic E-state index is -3.66. The third kappa shape index (κ3) is 3.99. The second-order valence-corrected chi connectivity index (χ2v) is 9.30.